The molecule has 37 heavy (non-hydrogen) atoms. The number of hydrogen-bond acceptors (Lipinski definition) is 7. The van der Waals surface area contributed by atoms with Gasteiger partial charge in [-0.1, -0.05) is 18.2 Å². The molecule has 1 saturated carbocycles. The molecule has 0 radical (unpaired) electrons. The maximum absolute atomic E-state index is 12.9. The van der Waals surface area contributed by atoms with Crippen LogP contribution in [-0.4, -0.2) is 59.7 Å². The highest BCUT2D eigenvalue weighted by Gasteiger charge is 2.52. The van der Waals surface area contributed by atoms with Crippen molar-refractivity contribution in [2.24, 2.45) is 17.8 Å². The van der Waals surface area contributed by atoms with Crippen molar-refractivity contribution in [2.75, 3.05) is 26.8 Å². The minimum Gasteiger partial charge on any atom is -0.384 e. The van der Waals surface area contributed by atoms with E-state index in [1.54, 1.807) is 12.3 Å². The highest BCUT2D eigenvalue weighted by atomic mass is 32.1. The van der Waals surface area contributed by atoms with E-state index in [0.717, 1.165) is 12.1 Å². The van der Waals surface area contributed by atoms with Gasteiger partial charge in [0, 0.05) is 50.2 Å². The van der Waals surface area contributed by atoms with Crippen LogP contribution in [0.4, 0.5) is 13.2 Å². The smallest absolute Gasteiger partial charge is 0.384 e. The van der Waals surface area contributed by atoms with Gasteiger partial charge in [0.25, 0.3) is 0 Å². The second-order valence-electron chi connectivity index (χ2n) is 10.1. The quantitative estimate of drug-likeness (QED) is 0.363. The number of benzene rings is 1. The lowest BCUT2D eigenvalue weighted by Crippen LogP contribution is -2.53. The zero-order chi connectivity index (χ0) is 26.6. The Morgan fingerprint density at radius 3 is 2.81 bits per heavy atom. The van der Waals surface area contributed by atoms with Gasteiger partial charge in [-0.05, 0) is 49.1 Å². The number of aliphatic hydroxyl groups is 2. The van der Waals surface area contributed by atoms with Crippen molar-refractivity contribution in [1.82, 2.24) is 15.6 Å². The zero-order valence-corrected chi connectivity index (χ0v) is 21.5. The molecular weight excluding hydrogens is 507 g/mol. The lowest BCUT2D eigenvalue weighted by Gasteiger charge is -2.46. The lowest BCUT2D eigenvalue weighted by molar-refractivity contribution is -0.247. The molecule has 1 amide bonds. The minimum atomic E-state index is -4.39. The lowest BCUT2D eigenvalue weighted by atomic mass is 9.66. The van der Waals surface area contributed by atoms with E-state index in [9.17, 15) is 28.2 Å². The van der Waals surface area contributed by atoms with Crippen molar-refractivity contribution in [3.63, 3.8) is 0 Å². The SMILES string of the molecule is COCC1CC(C2CNC[C@@H]2NC(=O)CCCc2cccc(C(F)(F)F)c2)CC(c2nccs2)C1(O)O. The van der Waals surface area contributed by atoms with Crippen molar-refractivity contribution >= 4 is 17.2 Å². The highest BCUT2D eigenvalue weighted by molar-refractivity contribution is 7.09. The first kappa shape index (κ1) is 28.0. The fourth-order valence-corrected chi connectivity index (χ4v) is 6.63. The summed E-state index contributed by atoms with van der Waals surface area (Å²) in [4.78, 5) is 17.1. The van der Waals surface area contributed by atoms with E-state index in [0.29, 0.717) is 49.3 Å². The molecular formula is C26H34F3N3O4S. The van der Waals surface area contributed by atoms with Crippen LogP contribution >= 0.6 is 11.3 Å². The molecule has 5 atom stereocenters. The predicted octanol–water partition coefficient (Wildman–Crippen LogP) is 3.33. The number of aryl methyl sites for hydroxylation is 1. The molecule has 7 nitrogen and oxygen atoms in total. The molecule has 11 heteroatoms. The first-order chi connectivity index (χ1) is 17.6. The second-order valence-corrected chi connectivity index (χ2v) is 11.1. The molecule has 2 aromatic rings. The number of alkyl halides is 3. The van der Waals surface area contributed by atoms with Crippen molar-refractivity contribution in [1.29, 1.82) is 0 Å². The summed E-state index contributed by atoms with van der Waals surface area (Å²) in [6.45, 7) is 1.52. The number of amides is 1. The summed E-state index contributed by atoms with van der Waals surface area (Å²) < 4.78 is 44.1. The van der Waals surface area contributed by atoms with Gasteiger partial charge in [-0.3, -0.25) is 4.79 Å². The van der Waals surface area contributed by atoms with E-state index in [4.69, 9.17) is 4.74 Å². The van der Waals surface area contributed by atoms with Crippen molar-refractivity contribution in [3.8, 4) is 0 Å². The normalized spacial score (nSPS) is 27.8. The van der Waals surface area contributed by atoms with E-state index in [2.05, 4.69) is 15.6 Å². The van der Waals surface area contributed by atoms with Gasteiger partial charge < -0.3 is 25.6 Å². The molecule has 1 saturated heterocycles. The van der Waals surface area contributed by atoms with E-state index in [-0.39, 0.29) is 36.8 Å². The zero-order valence-electron chi connectivity index (χ0n) is 20.7. The Morgan fingerprint density at radius 2 is 2.11 bits per heavy atom. The Balaban J connectivity index is 1.36. The van der Waals surface area contributed by atoms with Crippen LogP contribution in [-0.2, 0) is 22.1 Å². The van der Waals surface area contributed by atoms with Gasteiger partial charge in [0.15, 0.2) is 5.79 Å². The minimum absolute atomic E-state index is 0.102. The molecule has 4 unspecified atom stereocenters. The van der Waals surface area contributed by atoms with Crippen LogP contribution in [0, 0.1) is 17.8 Å². The highest BCUT2D eigenvalue weighted by Crippen LogP contribution is 2.49. The van der Waals surface area contributed by atoms with E-state index < -0.39 is 29.4 Å². The molecule has 2 fully saturated rings. The number of carbonyl (C=O) groups is 1. The summed E-state index contributed by atoms with van der Waals surface area (Å²) >= 11 is 1.40. The van der Waals surface area contributed by atoms with E-state index >= 15 is 0 Å². The Hall–Kier alpha value is -2.05. The largest absolute Gasteiger partial charge is 0.416 e. The molecule has 4 N–H and O–H groups in total. The molecule has 1 aromatic carbocycles. The first-order valence-corrected chi connectivity index (χ1v) is 13.5. The summed E-state index contributed by atoms with van der Waals surface area (Å²) in [5.41, 5.74) is -0.126. The fraction of sp³-hybridized carbons (Fsp3) is 0.615. The third-order valence-electron chi connectivity index (χ3n) is 7.69. The number of thiazole rings is 1. The Morgan fingerprint density at radius 1 is 1.30 bits per heavy atom. The molecule has 1 aliphatic heterocycles. The van der Waals surface area contributed by atoms with Crippen molar-refractivity contribution in [2.45, 2.75) is 56.0 Å². The molecule has 0 spiro atoms. The number of aromatic nitrogens is 1. The number of methoxy groups -OCH3 is 1. The van der Waals surface area contributed by atoms with Gasteiger partial charge in [0.2, 0.25) is 5.91 Å². The number of carbonyl (C=O) groups excluding carboxylic acids is 1. The third-order valence-corrected chi connectivity index (χ3v) is 8.58. The summed E-state index contributed by atoms with van der Waals surface area (Å²) in [7, 11) is 1.54. The third kappa shape index (κ3) is 6.69. The number of nitrogens with zero attached hydrogens (tertiary/aromatic N) is 1. The standard InChI is InChI=1S/C26H34F3N3O4S/c1-36-15-19-11-17(12-21(25(19,34)35)24-31-8-9-37-24)20-13-30-14-22(20)32-23(33)7-3-5-16-4-2-6-18(10-16)26(27,28)29/h2,4,6,8-10,17,19-22,30,34-35H,3,5,7,11-15H2,1H3,(H,32,33)/t17?,19?,20?,21?,22-/m0/s1. The van der Waals surface area contributed by atoms with Gasteiger partial charge in [-0.25, -0.2) is 4.98 Å². The number of halogens is 3. The van der Waals surface area contributed by atoms with Crippen LogP contribution in [0.3, 0.4) is 0 Å². The van der Waals surface area contributed by atoms with Crippen LogP contribution < -0.4 is 10.6 Å². The molecule has 1 aliphatic carbocycles. The predicted molar refractivity (Wildman–Crippen MR) is 133 cm³/mol. The van der Waals surface area contributed by atoms with E-state index in [1.165, 1.54) is 24.5 Å². The van der Waals surface area contributed by atoms with E-state index in [1.807, 2.05) is 5.38 Å². The van der Waals surface area contributed by atoms with Crippen LogP contribution in [0.5, 0.6) is 0 Å². The molecule has 2 aliphatic rings. The average Bonchev–Trinajstić information content (AvgIpc) is 3.53. The van der Waals surface area contributed by atoms with Gasteiger partial charge >= 0.3 is 6.18 Å². The number of ether oxygens (including phenoxy) is 1. The van der Waals surface area contributed by atoms with Crippen LogP contribution in [0.25, 0.3) is 0 Å². The summed E-state index contributed by atoms with van der Waals surface area (Å²) in [6.07, 6.45) is -0.592. The Kier molecular flexibility index (Phi) is 8.90. The average molecular weight is 542 g/mol. The van der Waals surface area contributed by atoms with Gasteiger partial charge in [0.05, 0.1) is 18.1 Å². The van der Waals surface area contributed by atoms with Crippen molar-refractivity contribution < 1.29 is 32.9 Å². The second kappa shape index (κ2) is 11.8. The van der Waals surface area contributed by atoms with Crippen LogP contribution in [0.15, 0.2) is 35.8 Å². The van der Waals surface area contributed by atoms with Crippen LogP contribution in [0.1, 0.15) is 47.7 Å². The van der Waals surface area contributed by atoms with Gasteiger partial charge in [0.1, 0.15) is 5.01 Å². The number of hydrogen-bond donors (Lipinski definition) is 4. The van der Waals surface area contributed by atoms with Gasteiger partial charge in [-0.15, -0.1) is 11.3 Å². The summed E-state index contributed by atoms with van der Waals surface area (Å²) in [5, 5.41) is 31.0. The molecule has 4 rings (SSSR count). The van der Waals surface area contributed by atoms with Crippen LogP contribution in [0.2, 0.25) is 0 Å². The topological polar surface area (TPSA) is 104 Å². The van der Waals surface area contributed by atoms with Crippen molar-refractivity contribution in [3.05, 3.63) is 52.0 Å². The van der Waals surface area contributed by atoms with Gasteiger partial charge in [-0.2, -0.15) is 13.2 Å². The number of rotatable bonds is 9. The monoisotopic (exact) mass is 541 g/mol. The number of nitrogens with one attached hydrogen (secondary N) is 2. The first-order valence-electron chi connectivity index (χ1n) is 12.6. The maximum Gasteiger partial charge on any atom is 0.416 e. The molecule has 0 bridgehead atoms. The molecule has 204 valence electrons. The molecule has 2 heterocycles. The maximum atomic E-state index is 12.9. The fourth-order valence-electron chi connectivity index (χ4n) is 5.81. The molecule has 1 aromatic heterocycles. The Labute approximate surface area is 218 Å². The summed E-state index contributed by atoms with van der Waals surface area (Å²) in [5.74, 6) is -2.88. The summed E-state index contributed by atoms with van der Waals surface area (Å²) in [6, 6.07) is 5.10. The Bertz CT molecular complexity index is 1030.